The first-order chi connectivity index (χ1) is 8.74. The van der Waals surface area contributed by atoms with E-state index in [1.54, 1.807) is 6.20 Å². The topological polar surface area (TPSA) is 51.6 Å². The normalized spacial score (nSPS) is 10.7. The van der Waals surface area contributed by atoms with E-state index in [1.807, 2.05) is 42.5 Å². The van der Waals surface area contributed by atoms with Crippen LogP contribution in [-0.4, -0.2) is 4.98 Å². The number of nitrogens with zero attached hydrogens (tertiary/aromatic N) is 1. The van der Waals surface area contributed by atoms with Crippen LogP contribution in [0.15, 0.2) is 57.6 Å². The van der Waals surface area contributed by atoms with Gasteiger partial charge in [-0.2, -0.15) is 0 Å². The summed E-state index contributed by atoms with van der Waals surface area (Å²) in [5.74, 6) is 0. The van der Waals surface area contributed by atoms with E-state index in [4.69, 9.17) is 9.83 Å². The molecular weight excluding hydrogens is 292 g/mol. The highest BCUT2D eigenvalue weighted by Gasteiger charge is 2.09. The van der Waals surface area contributed by atoms with Crippen LogP contribution in [0.4, 0.5) is 0 Å². The number of hydrogen-bond donors (Lipinski definition) is 1. The molecule has 0 saturated heterocycles. The van der Waals surface area contributed by atoms with Crippen LogP contribution in [0.5, 0.6) is 0 Å². The van der Waals surface area contributed by atoms with E-state index in [0.717, 1.165) is 26.7 Å². The Morgan fingerprint density at radius 3 is 2.78 bits per heavy atom. The van der Waals surface area contributed by atoms with Crippen molar-refractivity contribution in [3.8, 4) is 11.3 Å². The molecule has 0 atom stereocenters. The first-order valence-electron chi connectivity index (χ1n) is 5.47. The molecular formula is C14H10BrN2O+. The van der Waals surface area contributed by atoms with E-state index in [9.17, 15) is 0 Å². The van der Waals surface area contributed by atoms with Gasteiger partial charge in [-0.05, 0) is 36.4 Å². The molecule has 0 aliphatic carbocycles. The van der Waals surface area contributed by atoms with E-state index < -0.39 is 0 Å². The number of aromatic nitrogens is 1. The molecule has 18 heavy (non-hydrogen) atoms. The third-order valence-electron chi connectivity index (χ3n) is 2.70. The highest BCUT2D eigenvalue weighted by molar-refractivity contribution is 9.10. The first-order valence-corrected chi connectivity index (χ1v) is 6.26. The third-order valence-corrected chi connectivity index (χ3v) is 3.19. The van der Waals surface area contributed by atoms with E-state index in [-0.39, 0.29) is 0 Å². The predicted octanol–water partition coefficient (Wildman–Crippen LogP) is 1.92. The van der Waals surface area contributed by atoms with Crippen LogP contribution in [0, 0.1) is 0 Å². The highest BCUT2D eigenvalue weighted by Crippen LogP contribution is 2.22. The number of benzene rings is 1. The molecule has 3 rings (SSSR count). The Morgan fingerprint density at radius 2 is 2.00 bits per heavy atom. The summed E-state index contributed by atoms with van der Waals surface area (Å²) in [7, 11) is 0. The fourth-order valence-electron chi connectivity index (χ4n) is 1.85. The molecule has 0 saturated carbocycles. The molecule has 4 heteroatoms. The van der Waals surface area contributed by atoms with Gasteiger partial charge in [-0.3, -0.25) is 4.98 Å². The largest absolute Gasteiger partial charge is 0.404 e. The number of halogens is 1. The minimum atomic E-state index is 0.378. The Labute approximate surface area is 112 Å². The van der Waals surface area contributed by atoms with E-state index in [2.05, 4.69) is 20.9 Å². The van der Waals surface area contributed by atoms with Gasteiger partial charge in [-0.25, -0.2) is 5.41 Å². The van der Waals surface area contributed by atoms with Gasteiger partial charge in [0.2, 0.25) is 0 Å². The minimum Gasteiger partial charge on any atom is -0.404 e. The molecule has 0 unspecified atom stereocenters. The predicted molar refractivity (Wildman–Crippen MR) is 72.2 cm³/mol. The Hall–Kier alpha value is -1.94. The van der Waals surface area contributed by atoms with Crippen molar-refractivity contribution in [2.45, 2.75) is 0 Å². The molecule has 0 radical (unpaired) electrons. The maximum atomic E-state index is 5.94. The zero-order valence-electron chi connectivity index (χ0n) is 9.43. The monoisotopic (exact) mass is 301 g/mol. The molecule has 1 aromatic carbocycles. The summed E-state index contributed by atoms with van der Waals surface area (Å²) in [5.41, 5.74) is 2.75. The van der Waals surface area contributed by atoms with Crippen molar-refractivity contribution >= 4 is 26.9 Å². The van der Waals surface area contributed by atoms with Gasteiger partial charge in [0.15, 0.2) is 0 Å². The van der Waals surface area contributed by atoms with Crippen LogP contribution in [0.25, 0.3) is 22.2 Å². The zero-order chi connectivity index (χ0) is 12.5. The quantitative estimate of drug-likeness (QED) is 0.746. The average Bonchev–Trinajstić information content (AvgIpc) is 2.39. The molecule has 2 aromatic heterocycles. The van der Waals surface area contributed by atoms with Crippen molar-refractivity contribution in [3.63, 3.8) is 0 Å². The molecule has 0 aliphatic heterocycles. The molecule has 0 amide bonds. The van der Waals surface area contributed by atoms with Crippen LogP contribution in [-0.2, 0) is 0 Å². The number of fused-ring (bicyclic) bond motifs is 1. The molecule has 0 spiro atoms. The molecule has 0 aliphatic rings. The van der Waals surface area contributed by atoms with Crippen LogP contribution >= 0.6 is 15.9 Å². The fourth-order valence-corrected chi connectivity index (χ4v) is 2.23. The molecule has 2 N–H and O–H groups in total. The Bertz CT molecular complexity index is 766. The van der Waals surface area contributed by atoms with Gasteiger partial charge >= 0.3 is 5.55 Å². The van der Waals surface area contributed by atoms with E-state index in [1.165, 1.54) is 0 Å². The fraction of sp³-hybridized carbons (Fsp3) is 0. The second kappa shape index (κ2) is 4.38. The Kier molecular flexibility index (Phi) is 2.72. The maximum absolute atomic E-state index is 5.94. The van der Waals surface area contributed by atoms with Gasteiger partial charge in [0.25, 0.3) is 0 Å². The van der Waals surface area contributed by atoms with Crippen LogP contribution in [0.1, 0.15) is 0 Å². The molecule has 3 nitrogen and oxygen atoms in total. The zero-order valence-corrected chi connectivity index (χ0v) is 11.0. The number of nitrogens with two attached hydrogens (primary N) is 1. The van der Waals surface area contributed by atoms with Crippen molar-refractivity contribution in [1.29, 1.82) is 0 Å². The molecule has 0 fully saturated rings. The van der Waals surface area contributed by atoms with Crippen LogP contribution in [0.2, 0.25) is 0 Å². The third kappa shape index (κ3) is 1.95. The molecule has 3 aromatic rings. The van der Waals surface area contributed by atoms with Gasteiger partial charge in [0.1, 0.15) is 11.1 Å². The molecule has 2 heterocycles. The van der Waals surface area contributed by atoms with Gasteiger partial charge in [0, 0.05) is 16.1 Å². The standard InChI is InChI=1S/C14H9BrN2O/c15-10-4-5-13-9(7-10)8-11(14(16)18-13)12-3-1-2-6-17-12/h1-8,16H/p+1. The lowest BCUT2D eigenvalue weighted by atomic mass is 10.1. The van der Waals surface area contributed by atoms with Crippen molar-refractivity contribution in [2.24, 2.45) is 0 Å². The summed E-state index contributed by atoms with van der Waals surface area (Å²) in [6.45, 7) is 0. The lowest BCUT2D eigenvalue weighted by Gasteiger charge is -2.01. The number of pyridine rings is 1. The second-order valence-electron chi connectivity index (χ2n) is 3.92. The van der Waals surface area contributed by atoms with Crippen molar-refractivity contribution in [1.82, 2.24) is 4.98 Å². The minimum absolute atomic E-state index is 0.378. The molecule has 0 bridgehead atoms. The summed E-state index contributed by atoms with van der Waals surface area (Å²) < 4.78 is 6.62. The summed E-state index contributed by atoms with van der Waals surface area (Å²) in [5, 5.41) is 6.92. The summed E-state index contributed by atoms with van der Waals surface area (Å²) in [4.78, 5) is 4.29. The number of rotatable bonds is 1. The van der Waals surface area contributed by atoms with Gasteiger partial charge in [0.05, 0.1) is 5.69 Å². The van der Waals surface area contributed by atoms with E-state index in [0.29, 0.717) is 5.55 Å². The van der Waals surface area contributed by atoms with Crippen molar-refractivity contribution < 1.29 is 9.83 Å². The lowest BCUT2D eigenvalue weighted by molar-refractivity contribution is -0.196. The van der Waals surface area contributed by atoms with Gasteiger partial charge in [-0.15, -0.1) is 0 Å². The van der Waals surface area contributed by atoms with Gasteiger partial charge in [-0.1, -0.05) is 22.0 Å². The van der Waals surface area contributed by atoms with E-state index >= 15 is 0 Å². The first kappa shape index (κ1) is 11.2. The lowest BCUT2D eigenvalue weighted by Crippen LogP contribution is -2.45. The van der Waals surface area contributed by atoms with Crippen molar-refractivity contribution in [2.75, 3.05) is 0 Å². The Morgan fingerprint density at radius 1 is 1.11 bits per heavy atom. The van der Waals surface area contributed by atoms with Crippen LogP contribution < -0.4 is 11.0 Å². The maximum Gasteiger partial charge on any atom is 0.374 e. The average molecular weight is 302 g/mol. The van der Waals surface area contributed by atoms with Crippen molar-refractivity contribution in [3.05, 3.63) is 58.7 Å². The summed E-state index contributed by atoms with van der Waals surface area (Å²) in [6.07, 6.45) is 1.74. The number of hydrogen-bond acceptors (Lipinski definition) is 2. The van der Waals surface area contributed by atoms with Gasteiger partial charge < -0.3 is 4.42 Å². The summed E-state index contributed by atoms with van der Waals surface area (Å²) in [6, 6.07) is 13.5. The molecule has 88 valence electrons. The smallest absolute Gasteiger partial charge is 0.374 e. The van der Waals surface area contributed by atoms with Crippen LogP contribution in [0.3, 0.4) is 0 Å². The Balaban J connectivity index is 2.31. The summed E-state index contributed by atoms with van der Waals surface area (Å²) >= 11 is 3.44. The highest BCUT2D eigenvalue weighted by atomic mass is 79.9. The second-order valence-corrected chi connectivity index (χ2v) is 4.84. The SMILES string of the molecule is [NH2+]=c1oc2ccc(Br)cc2cc1-c1ccccn1.